The minimum atomic E-state index is -0.765. The maximum Gasteiger partial charge on any atom is 0.317 e. The van der Waals surface area contributed by atoms with E-state index in [1.807, 2.05) is 13.8 Å². The lowest BCUT2D eigenvalue weighted by Gasteiger charge is -2.42. The highest BCUT2D eigenvalue weighted by Gasteiger charge is 2.37. The Morgan fingerprint density at radius 3 is 2.55 bits per heavy atom. The number of carboxylic acids is 1. The van der Waals surface area contributed by atoms with Gasteiger partial charge >= 0.3 is 5.97 Å². The highest BCUT2D eigenvalue weighted by atomic mass is 16.5. The first kappa shape index (κ1) is 17.2. The van der Waals surface area contributed by atoms with Gasteiger partial charge in [-0.2, -0.15) is 0 Å². The maximum atomic E-state index is 11.8. The van der Waals surface area contributed by atoms with Crippen molar-refractivity contribution in [3.63, 3.8) is 0 Å². The molecule has 0 aromatic carbocycles. The Morgan fingerprint density at radius 2 is 2.00 bits per heavy atom. The van der Waals surface area contributed by atoms with Gasteiger partial charge in [-0.25, -0.2) is 0 Å². The molecule has 0 aromatic heterocycles. The van der Waals surface area contributed by atoms with Gasteiger partial charge in [0.1, 0.15) is 0 Å². The number of hydrogen-bond donors (Lipinski definition) is 2. The summed E-state index contributed by atoms with van der Waals surface area (Å²) in [4.78, 5) is 24.8. The predicted octanol–water partition coefficient (Wildman–Crippen LogP) is 1.25. The molecular formula is C16H28N2O4. The van der Waals surface area contributed by atoms with E-state index >= 15 is 0 Å². The zero-order chi connectivity index (χ0) is 16.1. The largest absolute Gasteiger partial charge is 0.480 e. The van der Waals surface area contributed by atoms with Gasteiger partial charge in [0, 0.05) is 25.0 Å². The molecule has 0 aromatic rings. The normalized spacial score (nSPS) is 24.4. The van der Waals surface area contributed by atoms with Crippen LogP contribution in [0.1, 0.15) is 46.0 Å². The van der Waals surface area contributed by atoms with Crippen LogP contribution in [0.25, 0.3) is 0 Å². The molecule has 1 amide bonds. The predicted molar refractivity (Wildman–Crippen MR) is 82.6 cm³/mol. The molecule has 0 saturated heterocycles. The molecule has 2 rings (SSSR count). The minimum Gasteiger partial charge on any atom is -0.480 e. The third-order valence-corrected chi connectivity index (χ3v) is 4.30. The molecule has 0 heterocycles. The summed E-state index contributed by atoms with van der Waals surface area (Å²) < 4.78 is 5.37. The topological polar surface area (TPSA) is 78.9 Å². The van der Waals surface area contributed by atoms with Crippen LogP contribution in [0.15, 0.2) is 0 Å². The highest BCUT2D eigenvalue weighted by molar-refractivity contribution is 5.76. The number of amides is 1. The van der Waals surface area contributed by atoms with Crippen LogP contribution in [-0.4, -0.2) is 59.8 Å². The number of carboxylic acid groups (broad SMARTS) is 1. The van der Waals surface area contributed by atoms with Crippen molar-refractivity contribution >= 4 is 11.9 Å². The third kappa shape index (κ3) is 5.93. The monoisotopic (exact) mass is 312 g/mol. The van der Waals surface area contributed by atoms with Crippen molar-refractivity contribution in [3.8, 4) is 0 Å². The number of nitrogens with one attached hydrogen (secondary N) is 1. The zero-order valence-corrected chi connectivity index (χ0v) is 13.6. The van der Waals surface area contributed by atoms with E-state index in [2.05, 4.69) is 10.2 Å². The summed E-state index contributed by atoms with van der Waals surface area (Å²) in [5.74, 6) is -0.0591. The van der Waals surface area contributed by atoms with E-state index in [1.165, 1.54) is 12.8 Å². The van der Waals surface area contributed by atoms with Crippen LogP contribution in [0.2, 0.25) is 0 Å². The van der Waals surface area contributed by atoms with Crippen LogP contribution in [-0.2, 0) is 14.3 Å². The van der Waals surface area contributed by atoms with E-state index in [-0.39, 0.29) is 24.6 Å². The third-order valence-electron chi connectivity index (χ3n) is 4.30. The van der Waals surface area contributed by atoms with Gasteiger partial charge in [0.25, 0.3) is 0 Å². The molecule has 2 aliphatic carbocycles. The molecule has 6 nitrogen and oxygen atoms in total. The van der Waals surface area contributed by atoms with Crippen molar-refractivity contribution in [2.24, 2.45) is 5.92 Å². The molecule has 0 atom stereocenters. The quantitative estimate of drug-likeness (QED) is 0.634. The standard InChI is InChI=1S/C16H28N2O4/c1-11(2)22-6-5-15(19)17-13-7-14(8-13)18(10-16(20)21)9-12-3-4-12/h11-14H,3-10H2,1-2H3,(H,17,19)(H,20,21). The SMILES string of the molecule is CC(C)OCCC(=O)NC1CC(N(CC(=O)O)CC2CC2)C1. The van der Waals surface area contributed by atoms with Crippen LogP contribution in [0, 0.1) is 5.92 Å². The van der Waals surface area contributed by atoms with E-state index in [0.717, 1.165) is 19.4 Å². The van der Waals surface area contributed by atoms with Gasteiger partial charge in [-0.15, -0.1) is 0 Å². The second-order valence-corrected chi connectivity index (χ2v) is 6.83. The Morgan fingerprint density at radius 1 is 1.32 bits per heavy atom. The number of carbonyl (C=O) groups is 2. The van der Waals surface area contributed by atoms with Gasteiger partial charge < -0.3 is 15.2 Å². The van der Waals surface area contributed by atoms with E-state index in [0.29, 0.717) is 25.0 Å². The average Bonchev–Trinajstić information content (AvgIpc) is 3.15. The second-order valence-electron chi connectivity index (χ2n) is 6.83. The molecule has 0 spiro atoms. The molecule has 2 aliphatic rings. The van der Waals surface area contributed by atoms with E-state index in [4.69, 9.17) is 9.84 Å². The first-order valence-electron chi connectivity index (χ1n) is 8.31. The molecular weight excluding hydrogens is 284 g/mol. The number of carbonyl (C=O) groups excluding carboxylic acids is 1. The van der Waals surface area contributed by atoms with Crippen molar-refractivity contribution in [3.05, 3.63) is 0 Å². The van der Waals surface area contributed by atoms with Crippen molar-refractivity contribution in [2.45, 2.75) is 64.1 Å². The molecule has 0 bridgehead atoms. The molecule has 6 heteroatoms. The number of nitrogens with zero attached hydrogens (tertiary/aromatic N) is 1. The minimum absolute atomic E-state index is 0.0241. The lowest BCUT2D eigenvalue weighted by Crippen LogP contribution is -2.55. The van der Waals surface area contributed by atoms with E-state index in [1.54, 1.807) is 0 Å². The number of ether oxygens (including phenoxy) is 1. The Hall–Kier alpha value is -1.14. The molecule has 2 saturated carbocycles. The first-order valence-corrected chi connectivity index (χ1v) is 8.31. The summed E-state index contributed by atoms with van der Waals surface area (Å²) in [6.07, 6.45) is 4.69. The molecule has 2 fully saturated rings. The number of aliphatic carboxylic acids is 1. The van der Waals surface area contributed by atoms with Crippen LogP contribution in [0.5, 0.6) is 0 Å². The Bertz CT molecular complexity index is 390. The molecule has 2 N–H and O–H groups in total. The van der Waals surface area contributed by atoms with E-state index < -0.39 is 5.97 Å². The van der Waals surface area contributed by atoms with Crippen LogP contribution in [0.4, 0.5) is 0 Å². The highest BCUT2D eigenvalue weighted by Crippen LogP contribution is 2.33. The Balaban J connectivity index is 1.64. The van der Waals surface area contributed by atoms with Crippen LogP contribution in [0.3, 0.4) is 0 Å². The van der Waals surface area contributed by atoms with Gasteiger partial charge in [0.05, 0.1) is 19.3 Å². The van der Waals surface area contributed by atoms with Gasteiger partial charge in [0.2, 0.25) is 5.91 Å². The number of rotatable bonds is 10. The Labute approximate surface area is 132 Å². The zero-order valence-electron chi connectivity index (χ0n) is 13.6. The van der Waals surface area contributed by atoms with Crippen molar-refractivity contribution in [2.75, 3.05) is 19.7 Å². The van der Waals surface area contributed by atoms with Crippen molar-refractivity contribution in [1.29, 1.82) is 0 Å². The van der Waals surface area contributed by atoms with Gasteiger partial charge in [-0.1, -0.05) is 0 Å². The van der Waals surface area contributed by atoms with Crippen molar-refractivity contribution in [1.82, 2.24) is 10.2 Å². The fraction of sp³-hybridized carbons (Fsp3) is 0.875. The maximum absolute atomic E-state index is 11.8. The molecule has 0 aliphatic heterocycles. The summed E-state index contributed by atoms with van der Waals surface area (Å²) in [6, 6.07) is 0.487. The van der Waals surface area contributed by atoms with Crippen molar-refractivity contribution < 1.29 is 19.4 Å². The lowest BCUT2D eigenvalue weighted by molar-refractivity contribution is -0.140. The fourth-order valence-electron chi connectivity index (χ4n) is 2.84. The second kappa shape index (κ2) is 7.92. The molecule has 22 heavy (non-hydrogen) atoms. The van der Waals surface area contributed by atoms with Gasteiger partial charge in [-0.3, -0.25) is 14.5 Å². The first-order chi connectivity index (χ1) is 10.4. The summed E-state index contributed by atoms with van der Waals surface area (Å²) in [6.45, 7) is 5.35. The summed E-state index contributed by atoms with van der Waals surface area (Å²) in [5, 5.41) is 12.0. The summed E-state index contributed by atoms with van der Waals surface area (Å²) >= 11 is 0. The molecule has 126 valence electrons. The lowest BCUT2D eigenvalue weighted by atomic mass is 9.85. The van der Waals surface area contributed by atoms with Gasteiger partial charge in [0.15, 0.2) is 0 Å². The summed E-state index contributed by atoms with van der Waals surface area (Å²) in [7, 11) is 0. The smallest absolute Gasteiger partial charge is 0.317 e. The molecule has 0 radical (unpaired) electrons. The summed E-state index contributed by atoms with van der Waals surface area (Å²) in [5.41, 5.74) is 0. The van der Waals surface area contributed by atoms with E-state index in [9.17, 15) is 9.59 Å². The van der Waals surface area contributed by atoms with Crippen LogP contribution >= 0.6 is 0 Å². The Kier molecular flexibility index (Phi) is 6.20. The average molecular weight is 312 g/mol. The fourth-order valence-corrected chi connectivity index (χ4v) is 2.84. The van der Waals surface area contributed by atoms with Gasteiger partial charge in [-0.05, 0) is 45.4 Å². The van der Waals surface area contributed by atoms with Crippen LogP contribution < -0.4 is 5.32 Å². The number of hydrogen-bond acceptors (Lipinski definition) is 4. The molecule has 0 unspecified atom stereocenters.